The van der Waals surface area contributed by atoms with Gasteiger partial charge in [-0.15, -0.1) is 0 Å². The summed E-state index contributed by atoms with van der Waals surface area (Å²) < 4.78 is 0. The second-order valence-corrected chi connectivity index (χ2v) is 5.30. The van der Waals surface area contributed by atoms with Crippen LogP contribution in [0.15, 0.2) is 0 Å². The highest BCUT2D eigenvalue weighted by Gasteiger charge is 2.24. The van der Waals surface area contributed by atoms with Gasteiger partial charge in [-0.1, -0.05) is 13.8 Å². The Morgan fingerprint density at radius 3 is 2.09 bits per heavy atom. The van der Waals surface area contributed by atoms with Crippen LogP contribution in [0.3, 0.4) is 0 Å². The molecule has 0 rings (SSSR count). The molecule has 0 saturated carbocycles. The zero-order chi connectivity index (χ0) is 17.3. The van der Waals surface area contributed by atoms with Crippen molar-refractivity contribution in [3.63, 3.8) is 0 Å². The van der Waals surface area contributed by atoms with Crippen LogP contribution in [-0.4, -0.2) is 54.0 Å². The van der Waals surface area contributed by atoms with E-state index < -0.39 is 35.8 Å². The van der Waals surface area contributed by atoms with Crippen molar-refractivity contribution < 1.29 is 24.3 Å². The normalized spacial score (nSPS) is 13.1. The second kappa shape index (κ2) is 9.72. The molecule has 0 aliphatic heterocycles. The van der Waals surface area contributed by atoms with Gasteiger partial charge in [0, 0.05) is 0 Å². The summed E-state index contributed by atoms with van der Waals surface area (Å²) in [5, 5.41) is 16.0. The molecular weight excluding hydrogens is 292 g/mol. The molecule has 0 aromatic heterocycles. The molecule has 6 N–H and O–H groups in total. The molecule has 126 valence electrons. The Labute approximate surface area is 129 Å². The lowest BCUT2D eigenvalue weighted by molar-refractivity contribution is -0.142. The lowest BCUT2D eigenvalue weighted by Gasteiger charge is -2.20. The molecular formula is C13H24N4O5. The highest BCUT2D eigenvalue weighted by atomic mass is 16.4. The molecule has 3 amide bonds. The van der Waals surface area contributed by atoms with E-state index in [0.717, 1.165) is 0 Å². The van der Waals surface area contributed by atoms with Gasteiger partial charge in [-0.2, -0.15) is 0 Å². The van der Waals surface area contributed by atoms with Gasteiger partial charge >= 0.3 is 5.97 Å². The number of hydrogen-bond donors (Lipinski definition) is 5. The number of nitrogens with one attached hydrogen (secondary N) is 3. The molecule has 9 nitrogen and oxygen atoms in total. The van der Waals surface area contributed by atoms with Crippen LogP contribution < -0.4 is 21.7 Å². The molecule has 22 heavy (non-hydrogen) atoms. The van der Waals surface area contributed by atoms with E-state index in [0.29, 0.717) is 0 Å². The van der Waals surface area contributed by atoms with Gasteiger partial charge in [0.2, 0.25) is 17.7 Å². The molecule has 0 unspecified atom stereocenters. The third kappa shape index (κ3) is 8.20. The van der Waals surface area contributed by atoms with Gasteiger partial charge in [0.15, 0.2) is 0 Å². The zero-order valence-electron chi connectivity index (χ0n) is 13.0. The van der Waals surface area contributed by atoms with E-state index >= 15 is 0 Å². The smallest absolute Gasteiger partial charge is 0.326 e. The van der Waals surface area contributed by atoms with Crippen molar-refractivity contribution in [2.24, 2.45) is 11.7 Å². The molecule has 0 heterocycles. The minimum Gasteiger partial charge on any atom is -0.480 e. The van der Waals surface area contributed by atoms with E-state index in [2.05, 4.69) is 16.0 Å². The van der Waals surface area contributed by atoms with Gasteiger partial charge in [-0.25, -0.2) is 4.79 Å². The van der Waals surface area contributed by atoms with Crippen LogP contribution in [0.1, 0.15) is 27.2 Å². The number of amides is 3. The Kier molecular flexibility index (Phi) is 8.76. The highest BCUT2D eigenvalue weighted by Crippen LogP contribution is 2.05. The molecule has 2 atom stereocenters. The first-order chi connectivity index (χ1) is 10.2. The molecule has 0 aromatic rings. The predicted molar refractivity (Wildman–Crippen MR) is 78.7 cm³/mol. The summed E-state index contributed by atoms with van der Waals surface area (Å²) in [6.45, 7) is 4.56. The van der Waals surface area contributed by atoms with Gasteiger partial charge in [0.1, 0.15) is 12.1 Å². The maximum Gasteiger partial charge on any atom is 0.326 e. The Bertz CT molecular complexity index is 425. The fraction of sp³-hybridized carbons (Fsp3) is 0.692. The number of carbonyl (C=O) groups excluding carboxylic acids is 3. The summed E-state index contributed by atoms with van der Waals surface area (Å²) in [4.78, 5) is 45.3. The van der Waals surface area contributed by atoms with E-state index in [1.165, 1.54) is 6.92 Å². The first-order valence-electron chi connectivity index (χ1n) is 6.96. The van der Waals surface area contributed by atoms with Crippen LogP contribution in [0.2, 0.25) is 0 Å². The van der Waals surface area contributed by atoms with Gasteiger partial charge < -0.3 is 26.8 Å². The molecule has 0 spiro atoms. The Morgan fingerprint density at radius 2 is 1.64 bits per heavy atom. The van der Waals surface area contributed by atoms with Crippen LogP contribution in [0.4, 0.5) is 0 Å². The van der Waals surface area contributed by atoms with Crippen molar-refractivity contribution in [3.05, 3.63) is 0 Å². The van der Waals surface area contributed by atoms with Crippen molar-refractivity contribution in [2.75, 3.05) is 13.1 Å². The molecule has 0 saturated heterocycles. The third-order valence-electron chi connectivity index (χ3n) is 2.72. The number of carboxylic acid groups (broad SMARTS) is 1. The van der Waals surface area contributed by atoms with E-state index in [9.17, 15) is 19.2 Å². The predicted octanol–water partition coefficient (Wildman–Crippen LogP) is -1.82. The van der Waals surface area contributed by atoms with E-state index in [1.54, 1.807) is 0 Å². The second-order valence-electron chi connectivity index (χ2n) is 5.30. The lowest BCUT2D eigenvalue weighted by atomic mass is 10.0. The third-order valence-corrected chi connectivity index (χ3v) is 2.72. The van der Waals surface area contributed by atoms with Gasteiger partial charge in [0.25, 0.3) is 0 Å². The number of aliphatic carboxylic acids is 1. The van der Waals surface area contributed by atoms with Crippen LogP contribution in [0, 0.1) is 5.92 Å². The molecule has 0 aromatic carbocycles. The Balaban J connectivity index is 4.37. The lowest BCUT2D eigenvalue weighted by Crippen LogP contribution is -2.52. The minimum absolute atomic E-state index is 0.0952. The average molecular weight is 316 g/mol. The highest BCUT2D eigenvalue weighted by molar-refractivity contribution is 5.91. The van der Waals surface area contributed by atoms with E-state index in [-0.39, 0.29) is 25.4 Å². The van der Waals surface area contributed by atoms with Crippen LogP contribution in [0.25, 0.3) is 0 Å². The first-order valence-corrected chi connectivity index (χ1v) is 6.96. The van der Waals surface area contributed by atoms with E-state index in [4.69, 9.17) is 10.8 Å². The number of carbonyl (C=O) groups is 4. The average Bonchev–Trinajstić information content (AvgIpc) is 2.43. The summed E-state index contributed by atoms with van der Waals surface area (Å²) in [6.07, 6.45) is 0.286. The summed E-state index contributed by atoms with van der Waals surface area (Å²) in [7, 11) is 0. The molecule has 0 fully saturated rings. The summed E-state index contributed by atoms with van der Waals surface area (Å²) >= 11 is 0. The van der Waals surface area contributed by atoms with Crippen LogP contribution in [0.5, 0.6) is 0 Å². The number of rotatable bonds is 9. The van der Waals surface area contributed by atoms with Crippen molar-refractivity contribution >= 4 is 23.7 Å². The van der Waals surface area contributed by atoms with Gasteiger partial charge in [-0.3, -0.25) is 14.4 Å². The molecule has 0 bridgehead atoms. The maximum atomic E-state index is 11.9. The standard InChI is InChI=1S/C13H24N4O5/c1-7(2)4-9(13(21)22)17-12(20)8(3)16-11(19)6-15-10(18)5-14/h7-9H,4-6,14H2,1-3H3,(H,15,18)(H,16,19)(H,17,20)(H,21,22)/t8-,9-/m0/s1. The van der Waals surface area contributed by atoms with Gasteiger partial charge in [0.05, 0.1) is 13.1 Å². The summed E-state index contributed by atoms with van der Waals surface area (Å²) in [5.41, 5.74) is 5.07. The Morgan fingerprint density at radius 1 is 1.05 bits per heavy atom. The zero-order valence-corrected chi connectivity index (χ0v) is 13.0. The van der Waals surface area contributed by atoms with E-state index in [1.807, 2.05) is 13.8 Å². The molecule has 0 radical (unpaired) electrons. The summed E-state index contributed by atoms with van der Waals surface area (Å²) in [6, 6.07) is -1.93. The number of carboxylic acids is 1. The van der Waals surface area contributed by atoms with Crippen LogP contribution in [-0.2, 0) is 19.2 Å². The fourth-order valence-electron chi connectivity index (χ4n) is 1.60. The number of hydrogen-bond acceptors (Lipinski definition) is 5. The topological polar surface area (TPSA) is 151 Å². The van der Waals surface area contributed by atoms with Crippen molar-refractivity contribution in [3.8, 4) is 0 Å². The monoisotopic (exact) mass is 316 g/mol. The van der Waals surface area contributed by atoms with Gasteiger partial charge in [-0.05, 0) is 19.3 Å². The van der Waals surface area contributed by atoms with Crippen molar-refractivity contribution in [1.82, 2.24) is 16.0 Å². The van der Waals surface area contributed by atoms with Crippen molar-refractivity contribution in [1.29, 1.82) is 0 Å². The molecule has 0 aliphatic carbocycles. The molecule has 9 heteroatoms. The molecule has 0 aliphatic rings. The van der Waals surface area contributed by atoms with Crippen LogP contribution >= 0.6 is 0 Å². The quantitative estimate of drug-likeness (QED) is 0.338. The number of nitrogens with two attached hydrogens (primary N) is 1. The largest absolute Gasteiger partial charge is 0.480 e. The Hall–Kier alpha value is -2.16. The van der Waals surface area contributed by atoms with Crippen molar-refractivity contribution in [2.45, 2.75) is 39.3 Å². The fourth-order valence-corrected chi connectivity index (χ4v) is 1.60. The SMILES string of the molecule is CC(C)C[C@H](NC(=O)[C@H](C)NC(=O)CNC(=O)CN)C(=O)O. The maximum absolute atomic E-state index is 11.9. The minimum atomic E-state index is -1.13. The first kappa shape index (κ1) is 19.8. The summed E-state index contributed by atoms with van der Waals surface area (Å²) in [5.74, 6) is -2.70.